The number of rotatable bonds is 7. The first-order valence-corrected chi connectivity index (χ1v) is 8.53. The van der Waals surface area contributed by atoms with Crippen molar-refractivity contribution >= 4 is 17.7 Å². The minimum atomic E-state index is -0.453. The molecule has 0 radical (unpaired) electrons. The van der Waals surface area contributed by atoms with Crippen molar-refractivity contribution < 1.29 is 9.53 Å². The van der Waals surface area contributed by atoms with Gasteiger partial charge in [0, 0.05) is 24.7 Å². The maximum atomic E-state index is 11.9. The Bertz CT molecular complexity index is 483. The fraction of sp³-hybridized carbons (Fsp3) is 0.611. The van der Waals surface area contributed by atoms with Crippen molar-refractivity contribution in [3.05, 3.63) is 34.9 Å². The van der Waals surface area contributed by atoms with Gasteiger partial charge >= 0.3 is 6.09 Å². The number of nitrogens with one attached hydrogen (secondary N) is 1. The van der Waals surface area contributed by atoms with Gasteiger partial charge in [-0.15, -0.1) is 0 Å². The van der Waals surface area contributed by atoms with Crippen LogP contribution in [0.5, 0.6) is 0 Å². The summed E-state index contributed by atoms with van der Waals surface area (Å²) in [4.78, 5) is 13.5. The van der Waals surface area contributed by atoms with Crippen LogP contribution in [0.25, 0.3) is 0 Å². The predicted molar refractivity (Wildman–Crippen MR) is 96.0 cm³/mol. The van der Waals surface area contributed by atoms with Gasteiger partial charge in [-0.05, 0) is 57.9 Å². The van der Waals surface area contributed by atoms with E-state index in [4.69, 9.17) is 16.3 Å². The molecule has 0 spiro atoms. The number of amides is 1. The van der Waals surface area contributed by atoms with Gasteiger partial charge in [-0.25, -0.2) is 4.79 Å². The summed E-state index contributed by atoms with van der Waals surface area (Å²) in [6, 6.07) is 8.24. The van der Waals surface area contributed by atoms with Gasteiger partial charge in [0.15, 0.2) is 0 Å². The van der Waals surface area contributed by atoms with E-state index in [9.17, 15) is 4.79 Å². The van der Waals surface area contributed by atoms with Gasteiger partial charge in [0.25, 0.3) is 0 Å². The SMILES string of the molecule is CCC(NCCCN(C)C(=O)OC(C)(C)C)c1ccc(Cl)cc1. The van der Waals surface area contributed by atoms with E-state index in [0.29, 0.717) is 12.6 Å². The lowest BCUT2D eigenvalue weighted by Crippen LogP contribution is -2.35. The zero-order chi connectivity index (χ0) is 17.5. The summed E-state index contributed by atoms with van der Waals surface area (Å²) in [5.41, 5.74) is 0.781. The highest BCUT2D eigenvalue weighted by molar-refractivity contribution is 6.30. The molecule has 1 rings (SSSR count). The fourth-order valence-corrected chi connectivity index (χ4v) is 2.34. The second-order valence-electron chi connectivity index (χ2n) is 6.72. The van der Waals surface area contributed by atoms with E-state index in [2.05, 4.69) is 24.4 Å². The molecule has 0 bridgehead atoms. The molecule has 1 amide bonds. The first kappa shape index (κ1) is 19.8. The molecule has 4 nitrogen and oxygen atoms in total. The monoisotopic (exact) mass is 340 g/mol. The molecular weight excluding hydrogens is 312 g/mol. The van der Waals surface area contributed by atoms with Crippen molar-refractivity contribution in [1.29, 1.82) is 0 Å². The Labute approximate surface area is 145 Å². The molecule has 0 saturated heterocycles. The molecule has 0 aliphatic carbocycles. The zero-order valence-corrected chi connectivity index (χ0v) is 15.6. The average Bonchev–Trinajstić information content (AvgIpc) is 2.46. The molecule has 0 aliphatic heterocycles. The quantitative estimate of drug-likeness (QED) is 0.735. The molecule has 0 fully saturated rings. The molecule has 0 saturated carbocycles. The Morgan fingerprint density at radius 3 is 2.43 bits per heavy atom. The standard InChI is InChI=1S/C18H29ClN2O2/c1-6-16(14-8-10-15(19)11-9-14)20-12-7-13-21(5)17(22)23-18(2,3)4/h8-11,16,20H,6-7,12-13H2,1-5H3. The lowest BCUT2D eigenvalue weighted by molar-refractivity contribution is 0.0297. The third-order valence-electron chi connectivity index (χ3n) is 3.45. The number of hydrogen-bond donors (Lipinski definition) is 1. The van der Waals surface area contributed by atoms with Crippen LogP contribution < -0.4 is 5.32 Å². The van der Waals surface area contributed by atoms with Gasteiger partial charge in [0.05, 0.1) is 0 Å². The van der Waals surface area contributed by atoms with Crippen molar-refractivity contribution in [2.75, 3.05) is 20.1 Å². The predicted octanol–water partition coefficient (Wildman–Crippen LogP) is 4.64. The largest absolute Gasteiger partial charge is 0.444 e. The van der Waals surface area contributed by atoms with Crippen LogP contribution in [-0.2, 0) is 4.74 Å². The minimum absolute atomic E-state index is 0.276. The molecule has 0 aromatic heterocycles. The van der Waals surface area contributed by atoms with Crippen LogP contribution in [-0.4, -0.2) is 36.7 Å². The van der Waals surface area contributed by atoms with Gasteiger partial charge in [0.2, 0.25) is 0 Å². The molecule has 1 N–H and O–H groups in total. The highest BCUT2D eigenvalue weighted by atomic mass is 35.5. The van der Waals surface area contributed by atoms with Crippen LogP contribution in [0.3, 0.4) is 0 Å². The number of carbonyl (C=O) groups excluding carboxylic acids is 1. The van der Waals surface area contributed by atoms with Crippen LogP contribution in [0.4, 0.5) is 4.79 Å². The Morgan fingerprint density at radius 2 is 1.91 bits per heavy atom. The van der Waals surface area contributed by atoms with E-state index in [1.165, 1.54) is 5.56 Å². The number of benzene rings is 1. The summed E-state index contributed by atoms with van der Waals surface area (Å²) in [5.74, 6) is 0. The van der Waals surface area contributed by atoms with Crippen molar-refractivity contribution in [2.24, 2.45) is 0 Å². The van der Waals surface area contributed by atoms with E-state index in [0.717, 1.165) is 24.4 Å². The molecule has 1 unspecified atom stereocenters. The second-order valence-corrected chi connectivity index (χ2v) is 7.16. The summed E-state index contributed by atoms with van der Waals surface area (Å²) in [6.45, 7) is 9.28. The van der Waals surface area contributed by atoms with Crippen molar-refractivity contribution in [3.8, 4) is 0 Å². The molecule has 5 heteroatoms. The minimum Gasteiger partial charge on any atom is -0.444 e. The van der Waals surface area contributed by atoms with Gasteiger partial charge in [-0.1, -0.05) is 30.7 Å². The molecule has 1 aromatic rings. The number of nitrogens with zero attached hydrogens (tertiary/aromatic N) is 1. The van der Waals surface area contributed by atoms with E-state index < -0.39 is 5.60 Å². The Kier molecular flexibility index (Phi) is 7.86. The van der Waals surface area contributed by atoms with E-state index in [-0.39, 0.29) is 6.09 Å². The van der Waals surface area contributed by atoms with Crippen molar-refractivity contribution in [1.82, 2.24) is 10.2 Å². The van der Waals surface area contributed by atoms with E-state index >= 15 is 0 Å². The summed E-state index contributed by atoms with van der Waals surface area (Å²) >= 11 is 5.93. The highest BCUT2D eigenvalue weighted by Gasteiger charge is 2.19. The molecule has 130 valence electrons. The lowest BCUT2D eigenvalue weighted by atomic mass is 10.0. The Balaban J connectivity index is 2.35. The number of ether oxygens (including phenoxy) is 1. The van der Waals surface area contributed by atoms with Crippen LogP contribution in [0.15, 0.2) is 24.3 Å². The Hall–Kier alpha value is -1.26. The molecule has 0 aliphatic rings. The van der Waals surface area contributed by atoms with Crippen LogP contribution in [0, 0.1) is 0 Å². The highest BCUT2D eigenvalue weighted by Crippen LogP contribution is 2.19. The maximum absolute atomic E-state index is 11.9. The zero-order valence-electron chi connectivity index (χ0n) is 14.9. The average molecular weight is 341 g/mol. The van der Waals surface area contributed by atoms with E-state index in [1.807, 2.05) is 32.9 Å². The van der Waals surface area contributed by atoms with Crippen molar-refractivity contribution in [3.63, 3.8) is 0 Å². The summed E-state index contributed by atoms with van der Waals surface area (Å²) in [6.07, 6.45) is 1.60. The van der Waals surface area contributed by atoms with Gasteiger partial charge in [-0.2, -0.15) is 0 Å². The topological polar surface area (TPSA) is 41.6 Å². The normalized spacial score (nSPS) is 12.8. The smallest absolute Gasteiger partial charge is 0.410 e. The van der Waals surface area contributed by atoms with Crippen LogP contribution in [0.1, 0.15) is 52.1 Å². The van der Waals surface area contributed by atoms with Gasteiger partial charge in [0.1, 0.15) is 5.60 Å². The number of halogens is 1. The third kappa shape index (κ3) is 7.71. The van der Waals surface area contributed by atoms with Crippen LogP contribution in [0.2, 0.25) is 5.02 Å². The summed E-state index contributed by atoms with van der Waals surface area (Å²) in [7, 11) is 1.77. The molecule has 23 heavy (non-hydrogen) atoms. The third-order valence-corrected chi connectivity index (χ3v) is 3.70. The lowest BCUT2D eigenvalue weighted by Gasteiger charge is -2.25. The van der Waals surface area contributed by atoms with Gasteiger partial charge < -0.3 is 15.0 Å². The first-order chi connectivity index (χ1) is 10.7. The second kappa shape index (κ2) is 9.14. The van der Waals surface area contributed by atoms with Crippen molar-refractivity contribution in [2.45, 2.75) is 52.2 Å². The first-order valence-electron chi connectivity index (χ1n) is 8.16. The van der Waals surface area contributed by atoms with Gasteiger partial charge in [-0.3, -0.25) is 0 Å². The summed E-state index contributed by atoms with van der Waals surface area (Å²) in [5, 5.41) is 4.28. The molecular formula is C18H29ClN2O2. The molecule has 1 atom stereocenters. The fourth-order valence-electron chi connectivity index (χ4n) is 2.22. The number of carbonyl (C=O) groups is 1. The summed E-state index contributed by atoms with van der Waals surface area (Å²) < 4.78 is 5.33. The Morgan fingerprint density at radius 1 is 1.30 bits per heavy atom. The maximum Gasteiger partial charge on any atom is 0.410 e. The van der Waals surface area contributed by atoms with E-state index in [1.54, 1.807) is 11.9 Å². The van der Waals surface area contributed by atoms with Crippen LogP contribution >= 0.6 is 11.6 Å². The number of hydrogen-bond acceptors (Lipinski definition) is 3. The molecule has 1 aromatic carbocycles. The molecule has 0 heterocycles.